The topological polar surface area (TPSA) is 40.5 Å². The van der Waals surface area contributed by atoms with Crippen LogP contribution >= 0.6 is 11.8 Å². The molecule has 12 heavy (non-hydrogen) atoms. The van der Waals surface area contributed by atoms with Crippen molar-refractivity contribution in [3.8, 4) is 0 Å². The van der Waals surface area contributed by atoms with Crippen LogP contribution in [0, 0.1) is 0 Å². The van der Waals surface area contributed by atoms with Crippen LogP contribution in [0.3, 0.4) is 0 Å². The number of carbonyl (C=O) groups is 1. The normalized spacial score (nSPS) is 14.5. The quantitative estimate of drug-likeness (QED) is 0.667. The van der Waals surface area contributed by atoms with E-state index in [0.717, 1.165) is 10.6 Å². The van der Waals surface area contributed by atoms with E-state index in [1.807, 2.05) is 24.3 Å². The van der Waals surface area contributed by atoms with Gasteiger partial charge in [0.1, 0.15) is 0 Å². The zero-order valence-electron chi connectivity index (χ0n) is 6.23. The summed E-state index contributed by atoms with van der Waals surface area (Å²) in [5, 5.41) is 8.77. The number of para-hydroxylation sites is 1. The van der Waals surface area contributed by atoms with Crippen LogP contribution in [0.4, 0.5) is 10.5 Å². The van der Waals surface area contributed by atoms with Crippen molar-refractivity contribution in [2.75, 3.05) is 10.8 Å². The number of rotatable bonds is 0. The second-order valence-corrected chi connectivity index (χ2v) is 3.44. The first kappa shape index (κ1) is 7.49. The molecular formula is C8H7NO2S. The van der Waals surface area contributed by atoms with E-state index in [2.05, 4.69) is 0 Å². The highest BCUT2D eigenvalue weighted by atomic mass is 32.2. The number of nitrogens with zero attached hydrogens (tertiary/aromatic N) is 1. The molecule has 0 radical (unpaired) electrons. The van der Waals surface area contributed by atoms with E-state index in [9.17, 15) is 4.79 Å². The molecule has 1 aliphatic heterocycles. The van der Waals surface area contributed by atoms with Gasteiger partial charge in [0.15, 0.2) is 0 Å². The SMILES string of the molecule is O=C(O)N1CSc2ccccc21. The summed E-state index contributed by atoms with van der Waals surface area (Å²) in [6, 6.07) is 7.52. The number of carboxylic acid groups (broad SMARTS) is 1. The van der Waals surface area contributed by atoms with Crippen molar-refractivity contribution in [1.29, 1.82) is 0 Å². The molecule has 1 aromatic carbocycles. The van der Waals surface area contributed by atoms with Crippen molar-refractivity contribution < 1.29 is 9.90 Å². The molecule has 4 heteroatoms. The zero-order chi connectivity index (χ0) is 8.55. The first-order valence-electron chi connectivity index (χ1n) is 3.51. The first-order chi connectivity index (χ1) is 5.79. The van der Waals surface area contributed by atoms with Gasteiger partial charge in [0.2, 0.25) is 0 Å². The third kappa shape index (κ3) is 1.04. The van der Waals surface area contributed by atoms with E-state index < -0.39 is 6.09 Å². The summed E-state index contributed by atoms with van der Waals surface area (Å²) in [5.41, 5.74) is 0.801. The third-order valence-electron chi connectivity index (χ3n) is 1.74. The Morgan fingerprint density at radius 1 is 1.50 bits per heavy atom. The number of amides is 1. The van der Waals surface area contributed by atoms with Gasteiger partial charge in [-0.1, -0.05) is 12.1 Å². The minimum absolute atomic E-state index is 0.509. The second-order valence-electron chi connectivity index (χ2n) is 2.45. The van der Waals surface area contributed by atoms with E-state index in [1.165, 1.54) is 4.90 Å². The molecule has 0 fully saturated rings. The van der Waals surface area contributed by atoms with Gasteiger partial charge in [-0.2, -0.15) is 0 Å². The Kier molecular flexibility index (Phi) is 1.69. The van der Waals surface area contributed by atoms with Crippen molar-refractivity contribution in [1.82, 2.24) is 0 Å². The molecule has 0 saturated heterocycles. The number of thioether (sulfide) groups is 1. The number of hydrogen-bond acceptors (Lipinski definition) is 2. The van der Waals surface area contributed by atoms with Crippen LogP contribution in [0.1, 0.15) is 0 Å². The number of fused-ring (bicyclic) bond motifs is 1. The second kappa shape index (κ2) is 2.71. The van der Waals surface area contributed by atoms with Crippen molar-refractivity contribution in [3.63, 3.8) is 0 Å². The van der Waals surface area contributed by atoms with E-state index >= 15 is 0 Å². The lowest BCUT2D eigenvalue weighted by molar-refractivity contribution is 0.203. The largest absolute Gasteiger partial charge is 0.465 e. The van der Waals surface area contributed by atoms with Crippen LogP contribution in [0.25, 0.3) is 0 Å². The number of hydrogen-bond donors (Lipinski definition) is 1. The smallest absolute Gasteiger partial charge is 0.412 e. The molecule has 1 N–H and O–H groups in total. The van der Waals surface area contributed by atoms with Crippen LogP contribution < -0.4 is 4.90 Å². The average Bonchev–Trinajstić information content (AvgIpc) is 2.47. The summed E-state index contributed by atoms with van der Waals surface area (Å²) in [5.74, 6) is 0.509. The lowest BCUT2D eigenvalue weighted by Gasteiger charge is -2.10. The van der Waals surface area contributed by atoms with Crippen LogP contribution in [-0.2, 0) is 0 Å². The lowest BCUT2D eigenvalue weighted by atomic mass is 10.3. The van der Waals surface area contributed by atoms with Crippen LogP contribution in [0.5, 0.6) is 0 Å². The van der Waals surface area contributed by atoms with Crippen molar-refractivity contribution in [3.05, 3.63) is 24.3 Å². The summed E-state index contributed by atoms with van der Waals surface area (Å²) < 4.78 is 0. The van der Waals surface area contributed by atoms with Gasteiger partial charge in [0, 0.05) is 4.90 Å². The molecule has 62 valence electrons. The Labute approximate surface area is 74.0 Å². The maximum absolute atomic E-state index is 10.7. The minimum atomic E-state index is -0.882. The molecule has 1 aromatic rings. The van der Waals surface area contributed by atoms with Crippen LogP contribution in [0.2, 0.25) is 0 Å². The summed E-state index contributed by atoms with van der Waals surface area (Å²) in [7, 11) is 0. The molecule has 0 aromatic heterocycles. The van der Waals surface area contributed by atoms with Gasteiger partial charge in [-0.25, -0.2) is 4.79 Å². The fraction of sp³-hybridized carbons (Fsp3) is 0.125. The molecule has 1 heterocycles. The van der Waals surface area contributed by atoms with Gasteiger partial charge in [-0.05, 0) is 12.1 Å². The molecule has 1 aliphatic rings. The predicted octanol–water partition coefficient (Wildman–Crippen LogP) is 2.23. The van der Waals surface area contributed by atoms with E-state index in [4.69, 9.17) is 5.11 Å². The van der Waals surface area contributed by atoms with E-state index in [0.29, 0.717) is 5.88 Å². The number of benzene rings is 1. The Morgan fingerprint density at radius 3 is 3.00 bits per heavy atom. The molecule has 0 aliphatic carbocycles. The monoisotopic (exact) mass is 181 g/mol. The Balaban J connectivity index is 2.42. The fourth-order valence-electron chi connectivity index (χ4n) is 1.16. The Morgan fingerprint density at radius 2 is 2.25 bits per heavy atom. The highest BCUT2D eigenvalue weighted by molar-refractivity contribution is 8.00. The Hall–Kier alpha value is -1.16. The van der Waals surface area contributed by atoms with Crippen molar-refractivity contribution in [2.24, 2.45) is 0 Å². The molecule has 0 saturated carbocycles. The maximum Gasteiger partial charge on any atom is 0.412 e. The average molecular weight is 181 g/mol. The van der Waals surface area contributed by atoms with Crippen molar-refractivity contribution in [2.45, 2.75) is 4.90 Å². The zero-order valence-corrected chi connectivity index (χ0v) is 7.04. The summed E-state index contributed by atoms with van der Waals surface area (Å²) in [6.07, 6.45) is -0.882. The minimum Gasteiger partial charge on any atom is -0.465 e. The highest BCUT2D eigenvalue weighted by Crippen LogP contribution is 2.37. The van der Waals surface area contributed by atoms with Gasteiger partial charge in [0.25, 0.3) is 0 Å². The fourth-order valence-corrected chi connectivity index (χ4v) is 2.18. The maximum atomic E-state index is 10.7. The van der Waals surface area contributed by atoms with Gasteiger partial charge in [-0.3, -0.25) is 4.90 Å². The predicted molar refractivity (Wildman–Crippen MR) is 47.7 cm³/mol. The summed E-state index contributed by atoms with van der Waals surface area (Å²) in [4.78, 5) is 13.1. The molecular weight excluding hydrogens is 174 g/mol. The third-order valence-corrected chi connectivity index (χ3v) is 2.78. The number of anilines is 1. The van der Waals surface area contributed by atoms with Crippen LogP contribution in [0.15, 0.2) is 29.2 Å². The first-order valence-corrected chi connectivity index (χ1v) is 4.50. The molecule has 3 nitrogen and oxygen atoms in total. The molecule has 0 atom stereocenters. The molecule has 2 rings (SSSR count). The van der Waals surface area contributed by atoms with Gasteiger partial charge in [0.05, 0.1) is 11.6 Å². The molecule has 0 bridgehead atoms. The highest BCUT2D eigenvalue weighted by Gasteiger charge is 2.23. The van der Waals surface area contributed by atoms with Gasteiger partial charge in [-0.15, -0.1) is 11.8 Å². The molecule has 0 unspecified atom stereocenters. The van der Waals surface area contributed by atoms with Crippen molar-refractivity contribution >= 4 is 23.5 Å². The summed E-state index contributed by atoms with van der Waals surface area (Å²) in [6.45, 7) is 0. The Bertz CT molecular complexity index is 327. The summed E-state index contributed by atoms with van der Waals surface area (Å²) >= 11 is 1.55. The molecule has 1 amide bonds. The molecule has 0 spiro atoms. The van der Waals surface area contributed by atoms with Gasteiger partial charge >= 0.3 is 6.09 Å². The van der Waals surface area contributed by atoms with Gasteiger partial charge < -0.3 is 5.11 Å². The standard InChI is InChI=1S/C8H7NO2S/c10-8(11)9-5-12-7-4-2-1-3-6(7)9/h1-4H,5H2,(H,10,11). The van der Waals surface area contributed by atoms with E-state index in [1.54, 1.807) is 11.8 Å². The van der Waals surface area contributed by atoms with E-state index in [-0.39, 0.29) is 0 Å². The lowest BCUT2D eigenvalue weighted by Crippen LogP contribution is -2.25. The van der Waals surface area contributed by atoms with Crippen LogP contribution in [-0.4, -0.2) is 17.1 Å².